The number of allylic oxidation sites excluding steroid dienone is 6. The highest BCUT2D eigenvalue weighted by atomic mass is 16.6. The predicted octanol–water partition coefficient (Wildman–Crippen LogP) is 16.5. The van der Waals surface area contributed by atoms with Crippen molar-refractivity contribution in [2.75, 3.05) is 13.2 Å². The summed E-state index contributed by atoms with van der Waals surface area (Å²) in [6.45, 7) is 6.57. The lowest BCUT2D eigenvalue weighted by Crippen LogP contribution is -2.30. The van der Waals surface area contributed by atoms with Crippen LogP contribution in [0.4, 0.5) is 0 Å². The molecule has 0 amide bonds. The van der Waals surface area contributed by atoms with Gasteiger partial charge in [0.25, 0.3) is 0 Å². The van der Waals surface area contributed by atoms with E-state index >= 15 is 0 Å². The van der Waals surface area contributed by atoms with Gasteiger partial charge in [-0.1, -0.05) is 192 Å². The normalized spacial score (nSPS) is 12.3. The van der Waals surface area contributed by atoms with E-state index in [1.165, 1.54) is 161 Å². The minimum atomic E-state index is -0.776. The van der Waals surface area contributed by atoms with E-state index in [9.17, 15) is 14.4 Å². The first-order valence-electron chi connectivity index (χ1n) is 25.5. The Bertz CT molecular complexity index is 1000. The number of carbonyl (C=O) groups is 3. The van der Waals surface area contributed by atoms with Crippen molar-refractivity contribution in [2.24, 2.45) is 0 Å². The Hall–Kier alpha value is -2.37. The van der Waals surface area contributed by atoms with Crippen molar-refractivity contribution in [3.8, 4) is 0 Å². The lowest BCUT2D eigenvalue weighted by Gasteiger charge is -2.18. The summed E-state index contributed by atoms with van der Waals surface area (Å²) in [6, 6.07) is 0. The molecule has 0 spiro atoms. The van der Waals surface area contributed by atoms with Crippen LogP contribution in [0.2, 0.25) is 0 Å². The van der Waals surface area contributed by atoms with Gasteiger partial charge < -0.3 is 14.2 Å². The maximum atomic E-state index is 12.8. The number of hydrogen-bond acceptors (Lipinski definition) is 6. The number of esters is 3. The van der Waals surface area contributed by atoms with Crippen molar-refractivity contribution in [3.05, 3.63) is 36.5 Å². The first-order valence-corrected chi connectivity index (χ1v) is 25.5. The fraction of sp³-hybridized carbons (Fsp3) is 0.830. The zero-order valence-corrected chi connectivity index (χ0v) is 39.3. The Labute approximate surface area is 365 Å². The summed E-state index contributed by atoms with van der Waals surface area (Å²) in [5.74, 6) is -0.889. The number of rotatable bonds is 46. The van der Waals surface area contributed by atoms with Crippen LogP contribution in [0.3, 0.4) is 0 Å². The molecule has 0 fully saturated rings. The monoisotopic (exact) mass is 829 g/mol. The van der Waals surface area contributed by atoms with E-state index in [0.29, 0.717) is 19.3 Å². The largest absolute Gasteiger partial charge is 0.462 e. The Balaban J connectivity index is 4.36. The highest BCUT2D eigenvalue weighted by molar-refractivity contribution is 5.71. The Morgan fingerprint density at radius 1 is 0.322 bits per heavy atom. The standard InChI is InChI=1S/C53H96O6/c1-4-7-10-13-16-19-22-24-26-28-31-34-37-40-43-46-52(55)58-49-50(48-57-51(54)45-42-39-36-33-30-21-18-15-12-9-6-3)59-53(56)47-44-41-38-35-32-29-27-25-23-20-17-14-11-8-5-2/h15,18-20,22-23,50H,4-14,16-17,21,24-49H2,1-3H3/b18-15-,22-19-,23-20-. The molecule has 344 valence electrons. The van der Waals surface area contributed by atoms with E-state index in [2.05, 4.69) is 57.2 Å². The molecule has 1 unspecified atom stereocenters. The summed E-state index contributed by atoms with van der Waals surface area (Å²) < 4.78 is 16.8. The Morgan fingerprint density at radius 2 is 0.576 bits per heavy atom. The second-order valence-electron chi connectivity index (χ2n) is 17.1. The van der Waals surface area contributed by atoms with Crippen molar-refractivity contribution in [2.45, 2.75) is 271 Å². The topological polar surface area (TPSA) is 78.9 Å². The van der Waals surface area contributed by atoms with Gasteiger partial charge in [0.15, 0.2) is 6.10 Å². The lowest BCUT2D eigenvalue weighted by molar-refractivity contribution is -0.167. The van der Waals surface area contributed by atoms with Crippen molar-refractivity contribution < 1.29 is 28.6 Å². The average Bonchev–Trinajstić information content (AvgIpc) is 3.23. The average molecular weight is 829 g/mol. The second kappa shape index (κ2) is 48.3. The van der Waals surface area contributed by atoms with Crippen LogP contribution in [0, 0.1) is 0 Å². The molecule has 0 rings (SSSR count). The maximum absolute atomic E-state index is 12.8. The molecule has 0 aliphatic rings. The third-order valence-corrected chi connectivity index (χ3v) is 11.1. The first kappa shape index (κ1) is 56.6. The molecule has 0 heterocycles. The molecule has 0 saturated carbocycles. The van der Waals surface area contributed by atoms with Crippen molar-refractivity contribution in [1.82, 2.24) is 0 Å². The van der Waals surface area contributed by atoms with Crippen molar-refractivity contribution in [1.29, 1.82) is 0 Å². The van der Waals surface area contributed by atoms with E-state index < -0.39 is 6.10 Å². The molecule has 0 N–H and O–H groups in total. The molecule has 0 aromatic rings. The maximum Gasteiger partial charge on any atom is 0.306 e. The summed E-state index contributed by atoms with van der Waals surface area (Å²) in [4.78, 5) is 37.9. The molecule has 0 bridgehead atoms. The highest BCUT2D eigenvalue weighted by Gasteiger charge is 2.19. The minimum absolute atomic E-state index is 0.0774. The number of ether oxygens (including phenoxy) is 3. The van der Waals surface area contributed by atoms with Gasteiger partial charge >= 0.3 is 17.9 Å². The van der Waals surface area contributed by atoms with Gasteiger partial charge in [-0.15, -0.1) is 0 Å². The van der Waals surface area contributed by atoms with E-state index in [-0.39, 0.29) is 31.1 Å². The molecule has 0 aromatic carbocycles. The molecule has 0 saturated heterocycles. The van der Waals surface area contributed by atoms with E-state index in [1.807, 2.05) is 0 Å². The molecule has 6 heteroatoms. The third kappa shape index (κ3) is 46.5. The SMILES string of the molecule is CCCC/C=C\CCCCCCCC(=O)OCC(COC(=O)CCCCCCCCC/C=C\CCCCCC)OC(=O)CCCCCCCCC/C=C\CCCCCC. The Kier molecular flexibility index (Phi) is 46.4. The number of hydrogen-bond donors (Lipinski definition) is 0. The van der Waals surface area contributed by atoms with Crippen LogP contribution in [-0.4, -0.2) is 37.2 Å². The van der Waals surface area contributed by atoms with Gasteiger partial charge in [-0.3, -0.25) is 14.4 Å². The first-order chi connectivity index (χ1) is 29.0. The zero-order valence-electron chi connectivity index (χ0n) is 39.3. The van der Waals surface area contributed by atoms with Gasteiger partial charge in [0.2, 0.25) is 0 Å². The van der Waals surface area contributed by atoms with Crippen LogP contribution in [0.5, 0.6) is 0 Å². The van der Waals surface area contributed by atoms with Gasteiger partial charge in [0, 0.05) is 19.3 Å². The zero-order chi connectivity index (χ0) is 43.0. The summed E-state index contributed by atoms with van der Waals surface area (Å²) in [6.07, 6.45) is 55.5. The summed E-state index contributed by atoms with van der Waals surface area (Å²) in [5.41, 5.74) is 0. The third-order valence-electron chi connectivity index (χ3n) is 11.1. The lowest BCUT2D eigenvalue weighted by atomic mass is 10.1. The van der Waals surface area contributed by atoms with Gasteiger partial charge in [0.05, 0.1) is 0 Å². The van der Waals surface area contributed by atoms with E-state index in [1.54, 1.807) is 0 Å². The fourth-order valence-corrected chi connectivity index (χ4v) is 7.18. The quantitative estimate of drug-likeness (QED) is 0.0263. The van der Waals surface area contributed by atoms with Crippen LogP contribution in [0.15, 0.2) is 36.5 Å². The molecular weight excluding hydrogens is 733 g/mol. The van der Waals surface area contributed by atoms with Crippen LogP contribution in [0.1, 0.15) is 265 Å². The van der Waals surface area contributed by atoms with Gasteiger partial charge in [-0.2, -0.15) is 0 Å². The molecule has 0 aliphatic heterocycles. The van der Waals surface area contributed by atoms with Gasteiger partial charge in [-0.05, 0) is 89.9 Å². The van der Waals surface area contributed by atoms with Crippen LogP contribution >= 0.6 is 0 Å². The summed E-state index contributed by atoms with van der Waals surface area (Å²) >= 11 is 0. The molecule has 59 heavy (non-hydrogen) atoms. The van der Waals surface area contributed by atoms with Crippen LogP contribution in [0.25, 0.3) is 0 Å². The highest BCUT2D eigenvalue weighted by Crippen LogP contribution is 2.15. The van der Waals surface area contributed by atoms with Gasteiger partial charge in [-0.25, -0.2) is 0 Å². The predicted molar refractivity (Wildman–Crippen MR) is 252 cm³/mol. The van der Waals surface area contributed by atoms with E-state index in [0.717, 1.165) is 64.2 Å². The van der Waals surface area contributed by atoms with Crippen molar-refractivity contribution >= 4 is 17.9 Å². The summed E-state index contributed by atoms with van der Waals surface area (Å²) in [5, 5.41) is 0. The number of carbonyl (C=O) groups excluding carboxylic acids is 3. The van der Waals surface area contributed by atoms with Crippen LogP contribution in [-0.2, 0) is 28.6 Å². The smallest absolute Gasteiger partial charge is 0.306 e. The fourth-order valence-electron chi connectivity index (χ4n) is 7.18. The molecule has 1 atom stereocenters. The summed E-state index contributed by atoms with van der Waals surface area (Å²) in [7, 11) is 0. The van der Waals surface area contributed by atoms with Gasteiger partial charge in [0.1, 0.15) is 13.2 Å². The number of unbranched alkanes of at least 4 members (excludes halogenated alkanes) is 29. The van der Waals surface area contributed by atoms with E-state index in [4.69, 9.17) is 14.2 Å². The molecular formula is C53H96O6. The molecule has 0 radical (unpaired) electrons. The second-order valence-corrected chi connectivity index (χ2v) is 17.1. The Morgan fingerprint density at radius 3 is 0.898 bits per heavy atom. The van der Waals surface area contributed by atoms with Crippen molar-refractivity contribution in [3.63, 3.8) is 0 Å². The molecule has 0 aliphatic carbocycles. The minimum Gasteiger partial charge on any atom is -0.462 e. The molecule has 6 nitrogen and oxygen atoms in total. The molecule has 0 aromatic heterocycles. The van der Waals surface area contributed by atoms with Crippen LogP contribution < -0.4 is 0 Å².